The van der Waals surface area contributed by atoms with Crippen LogP contribution in [-0.4, -0.2) is 10.5 Å². The fourth-order valence-electron chi connectivity index (χ4n) is 2.94. The number of halogens is 1. The molecule has 0 unspecified atom stereocenters. The van der Waals surface area contributed by atoms with Gasteiger partial charge in [0.25, 0.3) is 0 Å². The predicted molar refractivity (Wildman–Crippen MR) is 102 cm³/mol. The first-order valence-electron chi connectivity index (χ1n) is 8.34. The van der Waals surface area contributed by atoms with Crippen molar-refractivity contribution in [1.29, 1.82) is 0 Å². The summed E-state index contributed by atoms with van der Waals surface area (Å²) < 4.78 is 3.16. The standard InChI is InChI=1S/C21H20BrNO2/c1-2-15-3-9-18(10-4-15)23-19(12-14-21(24)25)11-13-20(23)16-5-7-17(22)8-6-16/h3-11,13H,2,12,14H2,1H3,(H,24,25)/p-1. The zero-order chi connectivity index (χ0) is 17.8. The molecule has 0 aliphatic rings. The monoisotopic (exact) mass is 396 g/mol. The molecule has 3 aromatic rings. The van der Waals surface area contributed by atoms with Crippen molar-refractivity contribution in [2.24, 2.45) is 0 Å². The summed E-state index contributed by atoms with van der Waals surface area (Å²) in [7, 11) is 0. The fourth-order valence-corrected chi connectivity index (χ4v) is 3.20. The third-order valence-corrected chi connectivity index (χ3v) is 4.82. The van der Waals surface area contributed by atoms with E-state index in [1.165, 1.54) is 5.56 Å². The van der Waals surface area contributed by atoms with Crippen molar-refractivity contribution in [3.8, 4) is 16.9 Å². The lowest BCUT2D eigenvalue weighted by atomic mass is 10.1. The van der Waals surface area contributed by atoms with E-state index in [1.54, 1.807) is 0 Å². The van der Waals surface area contributed by atoms with Crippen LogP contribution in [0.15, 0.2) is 65.1 Å². The van der Waals surface area contributed by atoms with E-state index in [1.807, 2.05) is 24.3 Å². The topological polar surface area (TPSA) is 45.1 Å². The molecule has 0 saturated heterocycles. The van der Waals surface area contributed by atoms with E-state index in [0.29, 0.717) is 6.42 Å². The van der Waals surface area contributed by atoms with Crippen molar-refractivity contribution in [2.75, 3.05) is 0 Å². The van der Waals surface area contributed by atoms with Gasteiger partial charge in [0.1, 0.15) is 0 Å². The summed E-state index contributed by atoms with van der Waals surface area (Å²) in [6.07, 6.45) is 1.44. The number of nitrogens with zero attached hydrogens (tertiary/aromatic N) is 1. The molecule has 0 aliphatic carbocycles. The van der Waals surface area contributed by atoms with Gasteiger partial charge in [-0.3, -0.25) is 0 Å². The molecular formula is C21H19BrNO2-. The second kappa shape index (κ2) is 7.70. The number of carboxylic acids is 1. The highest BCUT2D eigenvalue weighted by molar-refractivity contribution is 9.10. The molecule has 3 rings (SSSR count). The van der Waals surface area contributed by atoms with Gasteiger partial charge in [-0.25, -0.2) is 0 Å². The number of hydrogen-bond donors (Lipinski definition) is 0. The van der Waals surface area contributed by atoms with Gasteiger partial charge in [-0.15, -0.1) is 0 Å². The van der Waals surface area contributed by atoms with E-state index in [-0.39, 0.29) is 6.42 Å². The van der Waals surface area contributed by atoms with Gasteiger partial charge in [-0.05, 0) is 66.8 Å². The summed E-state index contributed by atoms with van der Waals surface area (Å²) in [5.74, 6) is -1.03. The number of carboxylic acid groups (broad SMARTS) is 1. The van der Waals surface area contributed by atoms with Crippen LogP contribution < -0.4 is 5.11 Å². The summed E-state index contributed by atoms with van der Waals surface area (Å²) in [5.41, 5.74) is 5.41. The van der Waals surface area contributed by atoms with Crippen molar-refractivity contribution in [3.05, 3.63) is 76.4 Å². The number of aromatic nitrogens is 1. The van der Waals surface area contributed by atoms with Crippen LogP contribution in [0.4, 0.5) is 0 Å². The van der Waals surface area contributed by atoms with Crippen LogP contribution in [0.5, 0.6) is 0 Å². The Morgan fingerprint density at radius 2 is 1.68 bits per heavy atom. The Balaban J connectivity index is 2.08. The molecule has 0 amide bonds. The molecule has 0 spiro atoms. The van der Waals surface area contributed by atoms with Crippen LogP contribution in [0.1, 0.15) is 24.6 Å². The third-order valence-electron chi connectivity index (χ3n) is 4.29. The van der Waals surface area contributed by atoms with Gasteiger partial charge < -0.3 is 14.5 Å². The maximum absolute atomic E-state index is 10.9. The minimum absolute atomic E-state index is 0.0107. The number of aliphatic carboxylic acids is 1. The van der Waals surface area contributed by atoms with E-state index in [0.717, 1.165) is 33.5 Å². The van der Waals surface area contributed by atoms with E-state index in [4.69, 9.17) is 0 Å². The number of hydrogen-bond acceptors (Lipinski definition) is 2. The fraction of sp³-hybridized carbons (Fsp3) is 0.190. The van der Waals surface area contributed by atoms with Gasteiger partial charge in [0.15, 0.2) is 0 Å². The third kappa shape index (κ3) is 4.02. The Morgan fingerprint density at radius 1 is 1.00 bits per heavy atom. The molecule has 0 N–H and O–H groups in total. The zero-order valence-electron chi connectivity index (χ0n) is 14.0. The van der Waals surface area contributed by atoms with Gasteiger partial charge in [-0.1, -0.05) is 47.1 Å². The molecule has 1 heterocycles. The predicted octanol–water partition coefficient (Wildman–Crippen LogP) is 4.15. The molecule has 0 atom stereocenters. The highest BCUT2D eigenvalue weighted by Gasteiger charge is 2.12. The molecule has 3 nitrogen and oxygen atoms in total. The molecule has 4 heteroatoms. The molecule has 128 valence electrons. The summed E-state index contributed by atoms with van der Waals surface area (Å²) >= 11 is 3.46. The highest BCUT2D eigenvalue weighted by atomic mass is 79.9. The summed E-state index contributed by atoms with van der Waals surface area (Å²) in [5, 5.41) is 10.9. The average molecular weight is 397 g/mol. The van der Waals surface area contributed by atoms with E-state index >= 15 is 0 Å². The van der Waals surface area contributed by atoms with Gasteiger partial charge >= 0.3 is 0 Å². The van der Waals surface area contributed by atoms with Crippen LogP contribution in [0.3, 0.4) is 0 Å². The van der Waals surface area contributed by atoms with Crippen LogP contribution in [0, 0.1) is 0 Å². The van der Waals surface area contributed by atoms with Gasteiger partial charge in [0, 0.05) is 21.8 Å². The van der Waals surface area contributed by atoms with Crippen LogP contribution in [-0.2, 0) is 17.6 Å². The Morgan fingerprint density at radius 3 is 2.28 bits per heavy atom. The molecule has 0 fully saturated rings. The minimum atomic E-state index is -1.03. The lowest BCUT2D eigenvalue weighted by Crippen LogP contribution is -2.22. The summed E-state index contributed by atoms with van der Waals surface area (Å²) in [6, 6.07) is 20.6. The van der Waals surface area contributed by atoms with Crippen molar-refractivity contribution in [3.63, 3.8) is 0 Å². The summed E-state index contributed by atoms with van der Waals surface area (Å²) in [6.45, 7) is 2.13. The first kappa shape index (κ1) is 17.5. The SMILES string of the molecule is CCc1ccc(-n2c(CCC(=O)[O-])ccc2-c2ccc(Br)cc2)cc1. The number of benzene rings is 2. The maximum Gasteiger partial charge on any atom is 0.0531 e. The average Bonchev–Trinajstić information content (AvgIpc) is 3.04. The van der Waals surface area contributed by atoms with Crippen LogP contribution in [0.25, 0.3) is 16.9 Å². The van der Waals surface area contributed by atoms with Crippen LogP contribution in [0.2, 0.25) is 0 Å². The van der Waals surface area contributed by atoms with Crippen molar-refractivity contribution in [2.45, 2.75) is 26.2 Å². The number of carbonyl (C=O) groups is 1. The molecule has 0 saturated carbocycles. The normalized spacial score (nSPS) is 10.8. The maximum atomic E-state index is 10.9. The number of aryl methyl sites for hydroxylation is 2. The molecule has 1 aromatic heterocycles. The quantitative estimate of drug-likeness (QED) is 0.627. The van der Waals surface area contributed by atoms with Gasteiger partial charge in [0.05, 0.1) is 5.69 Å². The molecular weight excluding hydrogens is 378 g/mol. The highest BCUT2D eigenvalue weighted by Crippen LogP contribution is 2.28. The Kier molecular flexibility index (Phi) is 5.39. The minimum Gasteiger partial charge on any atom is -0.550 e. The van der Waals surface area contributed by atoms with E-state index < -0.39 is 5.97 Å². The van der Waals surface area contributed by atoms with E-state index in [9.17, 15) is 9.90 Å². The Labute approximate surface area is 156 Å². The largest absolute Gasteiger partial charge is 0.550 e. The second-order valence-electron chi connectivity index (χ2n) is 5.94. The molecule has 0 radical (unpaired) electrons. The molecule has 0 aliphatic heterocycles. The zero-order valence-corrected chi connectivity index (χ0v) is 15.6. The molecule has 2 aromatic carbocycles. The Bertz CT molecular complexity index is 864. The second-order valence-corrected chi connectivity index (χ2v) is 6.86. The number of rotatable bonds is 6. The van der Waals surface area contributed by atoms with Gasteiger partial charge in [-0.2, -0.15) is 0 Å². The lowest BCUT2D eigenvalue weighted by Gasteiger charge is -2.15. The first-order valence-corrected chi connectivity index (χ1v) is 9.13. The Hall–Kier alpha value is -2.33. The van der Waals surface area contributed by atoms with Crippen molar-refractivity contribution < 1.29 is 9.90 Å². The van der Waals surface area contributed by atoms with Crippen molar-refractivity contribution >= 4 is 21.9 Å². The van der Waals surface area contributed by atoms with Gasteiger partial charge in [0.2, 0.25) is 0 Å². The molecule has 25 heavy (non-hydrogen) atoms. The number of carbonyl (C=O) groups excluding carboxylic acids is 1. The smallest absolute Gasteiger partial charge is 0.0531 e. The molecule has 0 bridgehead atoms. The van der Waals surface area contributed by atoms with Crippen LogP contribution >= 0.6 is 15.9 Å². The lowest BCUT2D eigenvalue weighted by molar-refractivity contribution is -0.305. The van der Waals surface area contributed by atoms with E-state index in [2.05, 4.69) is 63.8 Å². The first-order chi connectivity index (χ1) is 12.1. The summed E-state index contributed by atoms with van der Waals surface area (Å²) in [4.78, 5) is 10.9. The van der Waals surface area contributed by atoms with Crippen molar-refractivity contribution in [1.82, 2.24) is 4.57 Å².